The maximum Gasteiger partial charge on any atom is 0.306 e. The lowest BCUT2D eigenvalue weighted by Crippen LogP contribution is -2.49. The average Bonchev–Trinajstić information content (AvgIpc) is 3.66. The van der Waals surface area contributed by atoms with E-state index in [4.69, 9.17) is 28.7 Å². The zero-order valence-corrected chi connectivity index (χ0v) is 34.6. The fourth-order valence-corrected chi connectivity index (χ4v) is 7.34. The number of phenols is 1. The molecule has 1 aromatic carbocycles. The average molecular weight is 814 g/mol. The predicted octanol–water partition coefficient (Wildman–Crippen LogP) is 1.75. The minimum absolute atomic E-state index is 0.0241. The molecular formula is C41H67N9O8. The zero-order valence-electron chi connectivity index (χ0n) is 34.6. The van der Waals surface area contributed by atoms with Crippen molar-refractivity contribution in [3.05, 3.63) is 29.8 Å². The van der Waals surface area contributed by atoms with E-state index in [2.05, 4.69) is 15.3 Å². The molecule has 1 unspecified atom stereocenters. The second-order valence-corrected chi connectivity index (χ2v) is 16.0. The molecule has 0 spiro atoms. The van der Waals surface area contributed by atoms with Crippen LogP contribution in [0.3, 0.4) is 0 Å². The second kappa shape index (κ2) is 24.7. The van der Waals surface area contributed by atoms with Crippen molar-refractivity contribution in [1.82, 2.24) is 10.2 Å². The monoisotopic (exact) mass is 814 g/mol. The van der Waals surface area contributed by atoms with Gasteiger partial charge in [-0.1, -0.05) is 46.2 Å². The summed E-state index contributed by atoms with van der Waals surface area (Å²) in [6.07, 6.45) is 2.56. The fourth-order valence-electron chi connectivity index (χ4n) is 7.34. The van der Waals surface area contributed by atoms with Crippen LogP contribution in [0.2, 0.25) is 0 Å². The molecule has 1 aromatic rings. The number of aromatic hydroxyl groups is 1. The van der Waals surface area contributed by atoms with E-state index in [1.165, 1.54) is 17.0 Å². The van der Waals surface area contributed by atoms with Gasteiger partial charge in [0.05, 0.1) is 24.0 Å². The minimum atomic E-state index is -1.08. The van der Waals surface area contributed by atoms with E-state index in [1.807, 2.05) is 20.8 Å². The number of likely N-dealkylation sites (tertiary alicyclic amines) is 1. The van der Waals surface area contributed by atoms with E-state index in [-0.39, 0.29) is 92.2 Å². The van der Waals surface area contributed by atoms with Gasteiger partial charge in [0.2, 0.25) is 11.8 Å². The highest BCUT2D eigenvalue weighted by Gasteiger charge is 2.40. The lowest BCUT2D eigenvalue weighted by atomic mass is 9.85. The van der Waals surface area contributed by atoms with E-state index < -0.39 is 53.5 Å². The third-order valence-corrected chi connectivity index (χ3v) is 10.7. The number of hydrogen-bond donors (Lipinski definition) is 8. The summed E-state index contributed by atoms with van der Waals surface area (Å²) < 4.78 is 0. The van der Waals surface area contributed by atoms with Crippen LogP contribution in [0.15, 0.2) is 34.3 Å². The summed E-state index contributed by atoms with van der Waals surface area (Å²) in [5.41, 5.74) is 28.6. The number of carboxylic acid groups (broad SMARTS) is 1. The fraction of sp³-hybridized carbons (Fsp3) is 0.659. The number of nitrogens with zero attached hydrogens (tertiary/aromatic N) is 3. The Morgan fingerprint density at radius 2 is 1.43 bits per heavy atom. The number of benzene rings is 1. The third kappa shape index (κ3) is 16.8. The molecular weight excluding hydrogens is 747 g/mol. The summed E-state index contributed by atoms with van der Waals surface area (Å²) in [6.45, 7) is 8.24. The number of rotatable bonds is 27. The lowest BCUT2D eigenvalue weighted by molar-refractivity contribution is -0.145. The molecule has 1 saturated heterocycles. The molecule has 0 radical (unpaired) electrons. The Kier molecular flexibility index (Phi) is 20.9. The summed E-state index contributed by atoms with van der Waals surface area (Å²) in [7, 11) is 0. The molecule has 0 bridgehead atoms. The largest absolute Gasteiger partial charge is 0.508 e. The number of guanidine groups is 2. The van der Waals surface area contributed by atoms with Crippen LogP contribution in [0.1, 0.15) is 104 Å². The van der Waals surface area contributed by atoms with Gasteiger partial charge >= 0.3 is 5.97 Å². The quantitative estimate of drug-likeness (QED) is 0.0357. The highest BCUT2D eigenvalue weighted by atomic mass is 16.4. The Morgan fingerprint density at radius 1 is 0.845 bits per heavy atom. The van der Waals surface area contributed by atoms with E-state index in [1.54, 1.807) is 19.1 Å². The van der Waals surface area contributed by atoms with Crippen LogP contribution in [0.25, 0.3) is 0 Å². The number of nitrogens with two attached hydrogens (primary N) is 5. The maximum absolute atomic E-state index is 14.2. The Morgan fingerprint density at radius 3 is 1.98 bits per heavy atom. The number of carbonyl (C=O) groups is 6. The second-order valence-electron chi connectivity index (χ2n) is 16.0. The number of phenolic OH excluding ortho intramolecular Hbond substituents is 1. The molecule has 0 aliphatic carbocycles. The molecule has 7 atom stereocenters. The van der Waals surface area contributed by atoms with Crippen LogP contribution in [0.5, 0.6) is 5.75 Å². The normalized spacial score (nSPS) is 17.0. The molecule has 58 heavy (non-hydrogen) atoms. The number of ketones is 3. The van der Waals surface area contributed by atoms with Gasteiger partial charge in [0.1, 0.15) is 11.5 Å². The highest BCUT2D eigenvalue weighted by molar-refractivity contribution is 5.96. The number of carboxylic acids is 1. The van der Waals surface area contributed by atoms with Crippen LogP contribution in [-0.4, -0.2) is 99.9 Å². The van der Waals surface area contributed by atoms with Crippen LogP contribution in [0, 0.1) is 29.6 Å². The molecule has 1 aliphatic rings. The first kappa shape index (κ1) is 49.1. The van der Waals surface area contributed by atoms with Gasteiger partial charge < -0.3 is 49.1 Å². The van der Waals surface area contributed by atoms with E-state index in [0.29, 0.717) is 57.1 Å². The zero-order chi connectivity index (χ0) is 43.5. The van der Waals surface area contributed by atoms with E-state index in [0.717, 1.165) is 0 Å². The van der Waals surface area contributed by atoms with Gasteiger partial charge in [-0.05, 0) is 80.9 Å². The SMILES string of the molecule is CCC(C)[C@H](NC(=O)[C@@H](CC(=O)[C@@H]1CCCN1C(=O)[C@H](CCCN=C(N)N)CC(=O)[C@@H](N)CCCN=C(N)N)Cc1ccc(O)cc1)C(=O)C[C@@H](CC(C)C)C(=O)O. The Labute approximate surface area is 342 Å². The maximum atomic E-state index is 14.2. The summed E-state index contributed by atoms with van der Waals surface area (Å²) in [5.74, 6) is -6.17. The molecule has 324 valence electrons. The van der Waals surface area contributed by atoms with Crippen LogP contribution < -0.4 is 34.0 Å². The van der Waals surface area contributed by atoms with Crippen LogP contribution in [-0.2, 0) is 35.2 Å². The van der Waals surface area contributed by atoms with Crippen molar-refractivity contribution in [2.75, 3.05) is 19.6 Å². The Balaban J connectivity index is 2.36. The van der Waals surface area contributed by atoms with Gasteiger partial charge in [0.25, 0.3) is 0 Å². The topological polar surface area (TPSA) is 313 Å². The number of Topliss-reactive ketones (excluding diaryl/α,β-unsaturated/α-hetero) is 3. The molecule has 1 heterocycles. The van der Waals surface area contributed by atoms with Crippen LogP contribution >= 0.6 is 0 Å². The minimum Gasteiger partial charge on any atom is -0.508 e. The van der Waals surface area contributed by atoms with Crippen molar-refractivity contribution in [3.63, 3.8) is 0 Å². The molecule has 17 heteroatoms. The molecule has 1 fully saturated rings. The number of hydrogen-bond acceptors (Lipinski definition) is 10. The number of carbonyl (C=O) groups excluding carboxylic acids is 5. The molecule has 17 nitrogen and oxygen atoms in total. The number of aliphatic carboxylic acids is 1. The van der Waals surface area contributed by atoms with Crippen molar-refractivity contribution < 1.29 is 39.0 Å². The molecule has 2 amide bonds. The van der Waals surface area contributed by atoms with Gasteiger partial charge in [-0.15, -0.1) is 0 Å². The van der Waals surface area contributed by atoms with E-state index in [9.17, 15) is 39.0 Å². The lowest BCUT2D eigenvalue weighted by Gasteiger charge is -2.30. The smallest absolute Gasteiger partial charge is 0.306 e. The summed E-state index contributed by atoms with van der Waals surface area (Å²) in [4.78, 5) is 91.0. The molecule has 1 aliphatic heterocycles. The Bertz CT molecular complexity index is 1590. The molecule has 2 rings (SSSR count). The summed E-state index contributed by atoms with van der Waals surface area (Å²) in [5, 5.41) is 22.6. The van der Waals surface area contributed by atoms with Crippen molar-refractivity contribution in [2.24, 2.45) is 68.2 Å². The summed E-state index contributed by atoms with van der Waals surface area (Å²) in [6, 6.07) is 3.53. The van der Waals surface area contributed by atoms with Crippen LogP contribution in [0.4, 0.5) is 0 Å². The van der Waals surface area contributed by atoms with Gasteiger partial charge in [-0.25, -0.2) is 0 Å². The number of aliphatic imine (C=N–C) groups is 2. The standard InChI is InChI=1S/C41H67N9O8/c1-5-25(4)36(35(54)23-29(39(57)58)19-24(2)3)49-37(55)28(20-26-12-14-30(51)15-13-26)22-34(53)32-11-8-18-50(32)38(56)27(9-6-16-47-40(43)44)21-33(52)31(42)10-7-17-48-41(45)46/h12-15,24-25,27-29,31-32,36,51H,5-11,16-23,42H2,1-4H3,(H,49,55)(H,57,58)(H4,43,44,47)(H4,45,46,48)/t25?,27-,28-,29-,31+,32+,36+/m1/s1. The van der Waals surface area contributed by atoms with Crippen molar-refractivity contribution >= 4 is 47.1 Å². The molecule has 0 saturated carbocycles. The van der Waals surface area contributed by atoms with Crippen molar-refractivity contribution in [2.45, 2.75) is 123 Å². The van der Waals surface area contributed by atoms with Gasteiger partial charge in [0.15, 0.2) is 23.5 Å². The molecule has 13 N–H and O–H groups in total. The van der Waals surface area contributed by atoms with E-state index >= 15 is 0 Å². The predicted molar refractivity (Wildman–Crippen MR) is 222 cm³/mol. The number of nitrogens with one attached hydrogen (secondary N) is 1. The molecule has 0 aromatic heterocycles. The van der Waals surface area contributed by atoms with Gasteiger partial charge in [0, 0.05) is 50.7 Å². The van der Waals surface area contributed by atoms with Gasteiger partial charge in [-0.3, -0.25) is 38.8 Å². The Hall–Kier alpha value is -5.06. The summed E-state index contributed by atoms with van der Waals surface area (Å²) >= 11 is 0. The first-order valence-corrected chi connectivity index (χ1v) is 20.4. The first-order valence-electron chi connectivity index (χ1n) is 20.4. The van der Waals surface area contributed by atoms with Crippen molar-refractivity contribution in [1.29, 1.82) is 0 Å². The van der Waals surface area contributed by atoms with Gasteiger partial charge in [-0.2, -0.15) is 0 Å². The van der Waals surface area contributed by atoms with Crippen molar-refractivity contribution in [3.8, 4) is 5.75 Å². The first-order chi connectivity index (χ1) is 27.3. The highest BCUT2D eigenvalue weighted by Crippen LogP contribution is 2.28. The number of amides is 2. The third-order valence-electron chi connectivity index (χ3n) is 10.7.